The molecule has 1 amide bonds. The maximum atomic E-state index is 12.3. The molecule has 4 heteroatoms. The van der Waals surface area contributed by atoms with Crippen molar-refractivity contribution in [2.75, 3.05) is 20.1 Å². The predicted octanol–water partition coefficient (Wildman–Crippen LogP) is 2.43. The molecule has 1 aromatic rings. The molecule has 0 fully saturated rings. The van der Waals surface area contributed by atoms with Gasteiger partial charge >= 0.3 is 0 Å². The third-order valence-electron chi connectivity index (χ3n) is 3.34. The first-order chi connectivity index (χ1) is 8.38. The topological polar surface area (TPSA) is 46.3 Å². The van der Waals surface area contributed by atoms with E-state index in [-0.39, 0.29) is 11.3 Å². The normalized spacial score (nSPS) is 11.6. The highest BCUT2D eigenvalue weighted by atomic mass is 32.1. The average Bonchev–Trinajstić information content (AvgIpc) is 2.70. The van der Waals surface area contributed by atoms with Crippen LogP contribution in [0.15, 0.2) is 11.4 Å². The highest BCUT2D eigenvalue weighted by Crippen LogP contribution is 2.23. The molecule has 1 aromatic heterocycles. The third kappa shape index (κ3) is 3.82. The number of carbonyl (C=O) groups is 1. The van der Waals surface area contributed by atoms with Crippen LogP contribution in [0.5, 0.6) is 0 Å². The summed E-state index contributed by atoms with van der Waals surface area (Å²) in [5, 5.41) is 2.10. The Labute approximate surface area is 114 Å². The van der Waals surface area contributed by atoms with Gasteiger partial charge < -0.3 is 10.6 Å². The molecule has 0 aromatic carbocycles. The number of likely N-dealkylation sites (N-methyl/N-ethyl adjacent to an activating group) is 1. The number of aryl methyl sites for hydroxylation is 1. The quantitative estimate of drug-likeness (QED) is 0.861. The second-order valence-corrected chi connectivity index (χ2v) is 6.43. The van der Waals surface area contributed by atoms with Crippen LogP contribution in [-0.4, -0.2) is 30.9 Å². The van der Waals surface area contributed by atoms with Crippen molar-refractivity contribution in [2.24, 2.45) is 11.1 Å². The van der Waals surface area contributed by atoms with Crippen molar-refractivity contribution in [1.82, 2.24) is 4.90 Å². The Hall–Kier alpha value is -0.870. The fourth-order valence-corrected chi connectivity index (χ4v) is 2.91. The molecular formula is C14H24N2OS. The number of hydrogen-bond donors (Lipinski definition) is 1. The first kappa shape index (κ1) is 15.2. The van der Waals surface area contributed by atoms with Gasteiger partial charge in [0.05, 0.1) is 0 Å². The second kappa shape index (κ2) is 6.34. The number of thiophene rings is 1. The fraction of sp³-hybridized carbons (Fsp3) is 0.643. The van der Waals surface area contributed by atoms with Crippen LogP contribution in [0.3, 0.4) is 0 Å². The van der Waals surface area contributed by atoms with Gasteiger partial charge in [-0.25, -0.2) is 0 Å². The van der Waals surface area contributed by atoms with Crippen LogP contribution < -0.4 is 5.73 Å². The van der Waals surface area contributed by atoms with E-state index in [0.717, 1.165) is 19.4 Å². The van der Waals surface area contributed by atoms with E-state index < -0.39 is 0 Å². The molecule has 0 aliphatic carbocycles. The summed E-state index contributed by atoms with van der Waals surface area (Å²) in [6.45, 7) is 7.38. The van der Waals surface area contributed by atoms with Crippen molar-refractivity contribution >= 4 is 17.2 Å². The molecule has 0 atom stereocenters. The minimum absolute atomic E-state index is 0.183. The largest absolute Gasteiger partial charge is 0.345 e. The number of carbonyl (C=O) groups excluding carboxylic acids is 1. The van der Waals surface area contributed by atoms with Crippen molar-refractivity contribution < 1.29 is 4.79 Å². The molecule has 0 spiro atoms. The van der Waals surface area contributed by atoms with Gasteiger partial charge in [-0.05, 0) is 43.3 Å². The Balaban J connectivity index is 2.53. The number of amides is 1. The lowest BCUT2D eigenvalue weighted by Crippen LogP contribution is -2.40. The van der Waals surface area contributed by atoms with Crippen LogP contribution in [0.1, 0.15) is 30.7 Å². The summed E-state index contributed by atoms with van der Waals surface area (Å²) in [7, 11) is 1.88. The molecule has 2 N–H and O–H groups in total. The lowest BCUT2D eigenvalue weighted by atomic mass is 9.87. The first-order valence-corrected chi connectivity index (χ1v) is 7.25. The minimum Gasteiger partial charge on any atom is -0.345 e. The highest BCUT2D eigenvalue weighted by Gasteiger charge is 2.29. The van der Waals surface area contributed by atoms with Crippen LogP contribution in [0.25, 0.3) is 0 Å². The van der Waals surface area contributed by atoms with Crippen LogP contribution in [-0.2, 0) is 11.2 Å². The Morgan fingerprint density at radius 2 is 2.17 bits per heavy atom. The van der Waals surface area contributed by atoms with Gasteiger partial charge in [0.15, 0.2) is 0 Å². The van der Waals surface area contributed by atoms with Gasteiger partial charge in [0.1, 0.15) is 0 Å². The van der Waals surface area contributed by atoms with Crippen molar-refractivity contribution in [2.45, 2.75) is 33.6 Å². The molecule has 0 radical (unpaired) electrons. The van der Waals surface area contributed by atoms with Crippen molar-refractivity contribution in [1.29, 1.82) is 0 Å². The van der Waals surface area contributed by atoms with Crippen molar-refractivity contribution in [3.05, 3.63) is 21.9 Å². The van der Waals surface area contributed by atoms with E-state index in [1.54, 1.807) is 11.3 Å². The maximum absolute atomic E-state index is 12.3. The molecule has 0 bridgehead atoms. The van der Waals surface area contributed by atoms with E-state index in [4.69, 9.17) is 5.73 Å². The summed E-state index contributed by atoms with van der Waals surface area (Å²) in [4.78, 5) is 15.5. The van der Waals surface area contributed by atoms with E-state index in [2.05, 4.69) is 18.4 Å². The van der Waals surface area contributed by atoms with Gasteiger partial charge in [-0.1, -0.05) is 13.8 Å². The summed E-state index contributed by atoms with van der Waals surface area (Å²) in [5.41, 5.74) is 6.52. The molecule has 18 heavy (non-hydrogen) atoms. The third-order valence-corrected chi connectivity index (χ3v) is 4.42. The van der Waals surface area contributed by atoms with Gasteiger partial charge in [-0.3, -0.25) is 4.79 Å². The standard InChI is InChI=1S/C14H24N2OS/c1-11-6-10-18-12(11)5-9-16(4)13(17)14(2,3)7-8-15/h6,10H,5,7-9,15H2,1-4H3. The zero-order chi connectivity index (χ0) is 13.8. The molecule has 0 aliphatic heterocycles. The number of nitrogens with zero attached hydrogens (tertiary/aromatic N) is 1. The Bertz CT molecular complexity index is 398. The summed E-state index contributed by atoms with van der Waals surface area (Å²) < 4.78 is 0. The Kier molecular flexibility index (Phi) is 5.35. The lowest BCUT2D eigenvalue weighted by molar-refractivity contribution is -0.139. The van der Waals surface area contributed by atoms with Crippen LogP contribution in [0.2, 0.25) is 0 Å². The van der Waals surface area contributed by atoms with Gasteiger partial charge in [0.2, 0.25) is 5.91 Å². The minimum atomic E-state index is -0.353. The summed E-state index contributed by atoms with van der Waals surface area (Å²) in [6.07, 6.45) is 1.67. The highest BCUT2D eigenvalue weighted by molar-refractivity contribution is 7.10. The fourth-order valence-electron chi connectivity index (χ4n) is 2.02. The first-order valence-electron chi connectivity index (χ1n) is 6.37. The zero-order valence-electron chi connectivity index (χ0n) is 11.8. The average molecular weight is 268 g/mol. The van der Waals surface area contributed by atoms with Crippen LogP contribution in [0.4, 0.5) is 0 Å². The predicted molar refractivity (Wildman–Crippen MR) is 77.8 cm³/mol. The SMILES string of the molecule is Cc1ccsc1CCN(C)C(=O)C(C)(C)CCN. The Morgan fingerprint density at radius 3 is 2.67 bits per heavy atom. The van der Waals surface area contributed by atoms with Gasteiger partial charge in [0, 0.05) is 23.9 Å². The molecule has 0 aliphatic rings. The van der Waals surface area contributed by atoms with Crippen LogP contribution in [0, 0.1) is 12.3 Å². The van der Waals surface area contributed by atoms with E-state index in [1.165, 1.54) is 10.4 Å². The van der Waals surface area contributed by atoms with E-state index in [0.29, 0.717) is 6.54 Å². The second-order valence-electron chi connectivity index (χ2n) is 5.43. The van der Waals surface area contributed by atoms with Gasteiger partial charge in [0.25, 0.3) is 0 Å². The Morgan fingerprint density at radius 1 is 1.50 bits per heavy atom. The number of nitrogens with two attached hydrogens (primary N) is 1. The van der Waals surface area contributed by atoms with Gasteiger partial charge in [-0.2, -0.15) is 0 Å². The molecule has 0 unspecified atom stereocenters. The lowest BCUT2D eigenvalue weighted by Gasteiger charge is -2.29. The summed E-state index contributed by atoms with van der Waals surface area (Å²) in [6, 6.07) is 2.13. The molecule has 0 saturated heterocycles. The van der Waals surface area contributed by atoms with E-state index in [1.807, 2.05) is 25.8 Å². The van der Waals surface area contributed by atoms with Crippen molar-refractivity contribution in [3.63, 3.8) is 0 Å². The molecule has 3 nitrogen and oxygen atoms in total. The zero-order valence-corrected chi connectivity index (χ0v) is 12.6. The molecule has 1 rings (SSSR count). The summed E-state index contributed by atoms with van der Waals surface area (Å²) >= 11 is 1.76. The monoisotopic (exact) mass is 268 g/mol. The summed E-state index contributed by atoms with van der Waals surface area (Å²) in [5.74, 6) is 0.183. The number of hydrogen-bond acceptors (Lipinski definition) is 3. The van der Waals surface area contributed by atoms with E-state index >= 15 is 0 Å². The van der Waals surface area contributed by atoms with Crippen molar-refractivity contribution in [3.8, 4) is 0 Å². The molecule has 1 heterocycles. The smallest absolute Gasteiger partial charge is 0.228 e. The van der Waals surface area contributed by atoms with E-state index in [9.17, 15) is 4.79 Å². The molecule has 102 valence electrons. The number of rotatable bonds is 6. The molecular weight excluding hydrogens is 244 g/mol. The molecule has 0 saturated carbocycles. The van der Waals surface area contributed by atoms with Gasteiger partial charge in [-0.15, -0.1) is 11.3 Å². The maximum Gasteiger partial charge on any atom is 0.228 e. The van der Waals surface area contributed by atoms with Crippen LogP contribution >= 0.6 is 11.3 Å².